The number of ether oxygens (including phenoxy) is 1. The topological polar surface area (TPSA) is 152 Å². The minimum Gasteiger partial charge on any atom is -0.427 e. The van der Waals surface area contributed by atoms with Crippen molar-refractivity contribution >= 4 is 29.0 Å². The molecule has 3 rings (SSSR count). The minimum atomic E-state index is -0.932. The number of carbonyl (C=O) groups excluding carboxylic acids is 1. The molecule has 0 bridgehead atoms. The molecule has 0 atom stereocenters. The predicted molar refractivity (Wildman–Crippen MR) is 136 cm³/mol. The Balaban J connectivity index is 1.98. The smallest absolute Gasteiger partial charge is 0.226 e. The number of amides is 1. The van der Waals surface area contributed by atoms with Gasteiger partial charge in [0.05, 0.1) is 17.1 Å². The van der Waals surface area contributed by atoms with Gasteiger partial charge in [-0.25, -0.2) is 4.99 Å². The van der Waals surface area contributed by atoms with Gasteiger partial charge in [0.1, 0.15) is 5.84 Å². The number of halogens is 1. The zero-order chi connectivity index (χ0) is 25.8. The number of hydrogen-bond donors (Lipinski definition) is 5. The van der Waals surface area contributed by atoms with E-state index in [9.17, 15) is 10.0 Å². The van der Waals surface area contributed by atoms with Crippen LogP contribution >= 0.6 is 11.6 Å². The van der Waals surface area contributed by atoms with Crippen molar-refractivity contribution in [3.05, 3.63) is 81.9 Å². The van der Waals surface area contributed by atoms with E-state index in [2.05, 4.69) is 10.3 Å². The molecule has 184 valence electrons. The number of nitrogens with zero attached hydrogens (tertiary/aromatic N) is 2. The van der Waals surface area contributed by atoms with E-state index in [1.54, 1.807) is 62.4 Å². The van der Waals surface area contributed by atoms with Gasteiger partial charge < -0.3 is 26.7 Å². The number of amidine groups is 1. The zero-order valence-electron chi connectivity index (χ0n) is 19.8. The molecule has 0 saturated heterocycles. The summed E-state index contributed by atoms with van der Waals surface area (Å²) in [4.78, 5) is 17.3. The van der Waals surface area contributed by atoms with Crippen LogP contribution in [0.25, 0.3) is 11.1 Å². The molecule has 10 heteroatoms. The highest BCUT2D eigenvalue weighted by molar-refractivity contribution is 6.33. The fraction of sp³-hybridized carbons (Fsp3) is 0.240. The number of methoxy groups -OCH3 is 1. The van der Waals surface area contributed by atoms with Crippen LogP contribution in [0, 0.1) is 5.41 Å². The van der Waals surface area contributed by atoms with Gasteiger partial charge in [-0.2, -0.15) is 4.73 Å². The first-order chi connectivity index (χ1) is 16.5. The molecular formula is C25H29ClN6O3. The van der Waals surface area contributed by atoms with Crippen LogP contribution in [0.15, 0.2) is 59.6 Å². The van der Waals surface area contributed by atoms with Crippen LogP contribution in [0.3, 0.4) is 0 Å². The van der Waals surface area contributed by atoms with Crippen LogP contribution in [0.4, 0.5) is 5.69 Å². The van der Waals surface area contributed by atoms with E-state index in [4.69, 9.17) is 33.2 Å². The highest BCUT2D eigenvalue weighted by Gasteiger charge is 2.21. The third-order valence-corrected chi connectivity index (χ3v) is 5.70. The molecule has 7 N–H and O–H groups in total. The second-order valence-electron chi connectivity index (χ2n) is 8.44. The molecule has 0 aliphatic heterocycles. The fourth-order valence-corrected chi connectivity index (χ4v) is 3.72. The SMILES string of the molecule is COC(C)(C)/N=c1\cc(Cl)c(-c2cccc(N)c2)c(CC(=O)NCc2ccc(C(=N)N)cc2)n1O. The number of benzene rings is 2. The summed E-state index contributed by atoms with van der Waals surface area (Å²) in [5.74, 6) is -0.367. The van der Waals surface area contributed by atoms with Crippen LogP contribution in [0.1, 0.15) is 30.7 Å². The third kappa shape index (κ3) is 6.40. The van der Waals surface area contributed by atoms with Gasteiger partial charge >= 0.3 is 0 Å². The van der Waals surface area contributed by atoms with E-state index in [0.717, 1.165) is 10.3 Å². The van der Waals surface area contributed by atoms with Crippen molar-refractivity contribution in [2.75, 3.05) is 12.8 Å². The maximum atomic E-state index is 12.9. The lowest BCUT2D eigenvalue weighted by Crippen LogP contribution is -2.32. The van der Waals surface area contributed by atoms with E-state index in [1.807, 2.05) is 0 Å². The van der Waals surface area contributed by atoms with E-state index in [1.165, 1.54) is 13.2 Å². The second kappa shape index (κ2) is 10.6. The molecular weight excluding hydrogens is 468 g/mol. The number of pyridine rings is 1. The Hall–Kier alpha value is -3.82. The average molecular weight is 497 g/mol. The van der Waals surface area contributed by atoms with Crippen LogP contribution in [0.5, 0.6) is 0 Å². The summed E-state index contributed by atoms with van der Waals surface area (Å²) in [6.45, 7) is 3.72. The molecule has 1 aromatic heterocycles. The van der Waals surface area contributed by atoms with Crippen molar-refractivity contribution in [1.82, 2.24) is 10.0 Å². The summed E-state index contributed by atoms with van der Waals surface area (Å²) >= 11 is 6.64. The van der Waals surface area contributed by atoms with Crippen LogP contribution in [-0.2, 0) is 22.5 Å². The number of anilines is 1. The molecule has 0 fully saturated rings. The summed E-state index contributed by atoms with van der Waals surface area (Å²) < 4.78 is 6.20. The van der Waals surface area contributed by atoms with Crippen LogP contribution < -0.4 is 22.3 Å². The predicted octanol–water partition coefficient (Wildman–Crippen LogP) is 3.05. The Kier molecular flexibility index (Phi) is 7.83. The Morgan fingerprint density at radius 1 is 1.23 bits per heavy atom. The van der Waals surface area contributed by atoms with Gasteiger partial charge in [-0.1, -0.05) is 48.0 Å². The molecule has 2 aromatic carbocycles. The van der Waals surface area contributed by atoms with E-state index in [-0.39, 0.29) is 35.9 Å². The molecule has 1 heterocycles. The second-order valence-corrected chi connectivity index (χ2v) is 8.84. The van der Waals surface area contributed by atoms with E-state index < -0.39 is 5.72 Å². The van der Waals surface area contributed by atoms with E-state index >= 15 is 0 Å². The fourth-order valence-electron chi connectivity index (χ4n) is 3.41. The molecule has 0 aliphatic rings. The Bertz CT molecular complexity index is 1320. The quantitative estimate of drug-likeness (QED) is 0.140. The normalized spacial score (nSPS) is 11.9. The number of aromatic nitrogens is 1. The molecule has 9 nitrogen and oxygen atoms in total. The maximum Gasteiger partial charge on any atom is 0.226 e. The summed E-state index contributed by atoms with van der Waals surface area (Å²) in [7, 11) is 1.51. The first-order valence-electron chi connectivity index (χ1n) is 10.8. The van der Waals surface area contributed by atoms with Crippen molar-refractivity contribution in [3.8, 4) is 11.1 Å². The van der Waals surface area contributed by atoms with Gasteiger partial charge in [0, 0.05) is 36.5 Å². The van der Waals surface area contributed by atoms with Crippen LogP contribution in [0.2, 0.25) is 5.02 Å². The Morgan fingerprint density at radius 2 is 1.91 bits per heavy atom. The van der Waals surface area contributed by atoms with E-state index in [0.29, 0.717) is 27.4 Å². The molecule has 0 unspecified atom stereocenters. The molecule has 3 aromatic rings. The largest absolute Gasteiger partial charge is 0.427 e. The highest BCUT2D eigenvalue weighted by atomic mass is 35.5. The number of nitrogen functional groups attached to an aromatic ring is 2. The Labute approximate surface area is 208 Å². The molecule has 0 spiro atoms. The number of carbonyl (C=O) groups is 1. The van der Waals surface area contributed by atoms with Crippen molar-refractivity contribution in [2.45, 2.75) is 32.5 Å². The summed E-state index contributed by atoms with van der Waals surface area (Å²) in [6, 6.07) is 15.5. The van der Waals surface area contributed by atoms with Gasteiger partial charge in [-0.15, -0.1) is 0 Å². The molecule has 0 saturated carbocycles. The number of nitrogens with one attached hydrogen (secondary N) is 2. The molecule has 0 aliphatic carbocycles. The first-order valence-corrected chi connectivity index (χ1v) is 11.2. The van der Waals surface area contributed by atoms with Gasteiger partial charge in [-0.05, 0) is 37.1 Å². The van der Waals surface area contributed by atoms with Crippen molar-refractivity contribution < 1.29 is 14.7 Å². The lowest BCUT2D eigenvalue weighted by atomic mass is 10.0. The summed E-state index contributed by atoms with van der Waals surface area (Å²) in [6.07, 6.45) is -0.178. The maximum absolute atomic E-state index is 12.9. The zero-order valence-corrected chi connectivity index (χ0v) is 20.6. The number of rotatable bonds is 8. The summed E-state index contributed by atoms with van der Waals surface area (Å²) in [5, 5.41) is 21.7. The molecule has 0 radical (unpaired) electrons. The van der Waals surface area contributed by atoms with Crippen LogP contribution in [-0.4, -0.2) is 34.5 Å². The molecule has 1 amide bonds. The van der Waals surface area contributed by atoms with Gasteiger partial charge in [0.15, 0.2) is 11.2 Å². The summed E-state index contributed by atoms with van der Waals surface area (Å²) in [5.41, 5.74) is 14.0. The molecule has 35 heavy (non-hydrogen) atoms. The number of hydrogen-bond acceptors (Lipinski definition) is 6. The Morgan fingerprint density at radius 3 is 2.51 bits per heavy atom. The van der Waals surface area contributed by atoms with Crippen molar-refractivity contribution in [3.63, 3.8) is 0 Å². The minimum absolute atomic E-state index is 0.0269. The standard InChI is InChI=1S/C25H29ClN6O3/c1-25(2,35-3)31-21-12-19(26)23(17-5-4-6-18(27)11-17)20(32(21)34)13-22(33)30-14-15-7-9-16(10-8-15)24(28)29/h4-12,34H,13-14,27H2,1-3H3,(H3,28,29)(H,30,33)/b31-21+. The lowest BCUT2D eigenvalue weighted by Gasteiger charge is -2.20. The first kappa shape index (κ1) is 25.8. The lowest BCUT2D eigenvalue weighted by molar-refractivity contribution is -0.120. The van der Waals surface area contributed by atoms with Gasteiger partial charge in [-0.3, -0.25) is 10.2 Å². The number of nitrogens with two attached hydrogens (primary N) is 2. The van der Waals surface area contributed by atoms with Gasteiger partial charge in [0.2, 0.25) is 5.91 Å². The van der Waals surface area contributed by atoms with Crippen molar-refractivity contribution in [2.24, 2.45) is 10.7 Å². The highest BCUT2D eigenvalue weighted by Crippen LogP contribution is 2.31. The average Bonchev–Trinajstić information content (AvgIpc) is 2.81. The van der Waals surface area contributed by atoms with Crippen molar-refractivity contribution in [1.29, 1.82) is 5.41 Å². The van der Waals surface area contributed by atoms with Gasteiger partial charge in [0.25, 0.3) is 0 Å². The third-order valence-electron chi connectivity index (χ3n) is 5.40. The monoisotopic (exact) mass is 496 g/mol.